The fraction of sp³-hybridized carbons (Fsp3) is 0.417. The van der Waals surface area contributed by atoms with E-state index in [1.54, 1.807) is 12.1 Å². The topological polar surface area (TPSA) is 84.8 Å². The van der Waals surface area contributed by atoms with E-state index in [0.29, 0.717) is 6.54 Å². The number of nitrogens with zero attached hydrogens (tertiary/aromatic N) is 3. The Morgan fingerprint density at radius 2 is 2.39 bits per heavy atom. The Morgan fingerprint density at radius 3 is 3.06 bits per heavy atom. The van der Waals surface area contributed by atoms with E-state index in [2.05, 4.69) is 5.10 Å². The van der Waals surface area contributed by atoms with Gasteiger partial charge < -0.3 is 5.73 Å². The van der Waals surface area contributed by atoms with Crippen LogP contribution in [0.2, 0.25) is 0 Å². The molecule has 0 bridgehead atoms. The van der Waals surface area contributed by atoms with Gasteiger partial charge in [-0.2, -0.15) is 5.10 Å². The first-order chi connectivity index (χ1) is 8.61. The van der Waals surface area contributed by atoms with Crippen LogP contribution in [0.4, 0.5) is 5.69 Å². The van der Waals surface area contributed by atoms with Gasteiger partial charge in [0, 0.05) is 31.3 Å². The van der Waals surface area contributed by atoms with Crippen LogP contribution in [-0.2, 0) is 0 Å². The van der Waals surface area contributed by atoms with Crippen LogP contribution < -0.4 is 5.73 Å². The van der Waals surface area contributed by atoms with Crippen molar-refractivity contribution in [1.29, 1.82) is 0 Å². The molecule has 6 nitrogen and oxygen atoms in total. The van der Waals surface area contributed by atoms with Gasteiger partial charge >= 0.3 is 0 Å². The summed E-state index contributed by atoms with van der Waals surface area (Å²) < 4.78 is 0. The molecule has 1 aliphatic heterocycles. The van der Waals surface area contributed by atoms with Gasteiger partial charge in [0.15, 0.2) is 0 Å². The molecule has 6 heteroatoms. The fourth-order valence-corrected chi connectivity index (χ4v) is 2.19. The summed E-state index contributed by atoms with van der Waals surface area (Å²) in [5, 5.41) is 17.0. The van der Waals surface area contributed by atoms with Crippen LogP contribution >= 0.6 is 0 Å². The second kappa shape index (κ2) is 5.14. The Kier molecular flexibility index (Phi) is 3.57. The maximum absolute atomic E-state index is 10.8. The molecule has 0 aliphatic carbocycles. The summed E-state index contributed by atoms with van der Waals surface area (Å²) in [5.41, 5.74) is 7.60. The van der Waals surface area contributed by atoms with Crippen LogP contribution in [0, 0.1) is 10.1 Å². The number of non-ortho nitro benzene ring substituents is 1. The number of nitro groups is 1. The van der Waals surface area contributed by atoms with E-state index in [0.717, 1.165) is 24.1 Å². The minimum Gasteiger partial charge on any atom is -0.330 e. The second-order valence-electron chi connectivity index (χ2n) is 4.35. The molecular weight excluding hydrogens is 232 g/mol. The van der Waals surface area contributed by atoms with Crippen molar-refractivity contribution in [2.45, 2.75) is 18.9 Å². The summed E-state index contributed by atoms with van der Waals surface area (Å²) in [4.78, 5) is 10.4. The molecule has 0 saturated carbocycles. The van der Waals surface area contributed by atoms with Gasteiger partial charge in [-0.1, -0.05) is 12.1 Å². The molecule has 96 valence electrons. The molecule has 1 aliphatic rings. The van der Waals surface area contributed by atoms with Crippen LogP contribution in [0.1, 0.15) is 24.4 Å². The molecule has 1 unspecified atom stereocenters. The predicted octanol–water partition coefficient (Wildman–Crippen LogP) is 1.68. The van der Waals surface area contributed by atoms with Gasteiger partial charge in [-0.25, -0.2) is 0 Å². The first-order valence-electron chi connectivity index (χ1n) is 5.85. The molecule has 1 atom stereocenters. The third-order valence-corrected chi connectivity index (χ3v) is 3.08. The van der Waals surface area contributed by atoms with Gasteiger partial charge in [-0.3, -0.25) is 15.1 Å². The summed E-state index contributed by atoms with van der Waals surface area (Å²) in [7, 11) is 1.88. The van der Waals surface area contributed by atoms with E-state index < -0.39 is 0 Å². The van der Waals surface area contributed by atoms with Gasteiger partial charge in [0.1, 0.15) is 0 Å². The number of hydrogen-bond donors (Lipinski definition) is 1. The minimum atomic E-state index is -0.375. The molecule has 2 N–H and O–H groups in total. The highest BCUT2D eigenvalue weighted by Gasteiger charge is 2.25. The molecule has 1 aromatic rings. The van der Waals surface area contributed by atoms with Crippen molar-refractivity contribution in [2.24, 2.45) is 10.8 Å². The summed E-state index contributed by atoms with van der Waals surface area (Å²) >= 11 is 0. The number of hydrazone groups is 1. The highest BCUT2D eigenvalue weighted by molar-refractivity contribution is 5.86. The molecule has 0 amide bonds. The van der Waals surface area contributed by atoms with E-state index >= 15 is 0 Å². The standard InChI is InChI=1S/C12H16N4O2/c1-15-12(8-10(14-15)5-6-13)9-3-2-4-11(7-9)16(17)18/h2-4,7,12H,5-6,8,13H2,1H3. The maximum atomic E-state index is 10.8. The number of hydrogen-bond acceptors (Lipinski definition) is 5. The number of benzene rings is 1. The zero-order valence-electron chi connectivity index (χ0n) is 10.2. The Hall–Kier alpha value is -1.95. The first-order valence-corrected chi connectivity index (χ1v) is 5.85. The second-order valence-corrected chi connectivity index (χ2v) is 4.35. The summed E-state index contributed by atoms with van der Waals surface area (Å²) in [5.74, 6) is 0. The number of rotatable bonds is 4. The lowest BCUT2D eigenvalue weighted by molar-refractivity contribution is -0.384. The van der Waals surface area contributed by atoms with Gasteiger partial charge in [-0.05, 0) is 18.5 Å². The van der Waals surface area contributed by atoms with Crippen molar-refractivity contribution >= 4 is 11.4 Å². The fourth-order valence-electron chi connectivity index (χ4n) is 2.19. The van der Waals surface area contributed by atoms with E-state index in [1.165, 1.54) is 6.07 Å². The Bertz CT molecular complexity index is 487. The summed E-state index contributed by atoms with van der Waals surface area (Å²) in [6.45, 7) is 0.578. The van der Waals surface area contributed by atoms with Gasteiger partial charge in [-0.15, -0.1) is 0 Å². The highest BCUT2D eigenvalue weighted by atomic mass is 16.6. The van der Waals surface area contributed by atoms with Crippen LogP contribution in [0.25, 0.3) is 0 Å². The molecule has 0 radical (unpaired) electrons. The van der Waals surface area contributed by atoms with Gasteiger partial charge in [0.2, 0.25) is 0 Å². The van der Waals surface area contributed by atoms with Gasteiger partial charge in [0.05, 0.1) is 11.0 Å². The highest BCUT2D eigenvalue weighted by Crippen LogP contribution is 2.31. The maximum Gasteiger partial charge on any atom is 0.269 e. The lowest BCUT2D eigenvalue weighted by Gasteiger charge is -2.18. The molecule has 0 aromatic heterocycles. The van der Waals surface area contributed by atoms with E-state index in [4.69, 9.17) is 5.73 Å². The van der Waals surface area contributed by atoms with Crippen molar-refractivity contribution in [1.82, 2.24) is 5.01 Å². The van der Waals surface area contributed by atoms with Crippen molar-refractivity contribution in [3.8, 4) is 0 Å². The third kappa shape index (κ3) is 2.48. The van der Waals surface area contributed by atoms with Crippen LogP contribution in [0.5, 0.6) is 0 Å². The molecule has 0 spiro atoms. The zero-order valence-corrected chi connectivity index (χ0v) is 10.2. The lowest BCUT2D eigenvalue weighted by atomic mass is 10.0. The SMILES string of the molecule is CN1N=C(CCN)CC1c1cccc([N+](=O)[O-])c1. The zero-order chi connectivity index (χ0) is 13.1. The average Bonchev–Trinajstić information content (AvgIpc) is 2.71. The lowest BCUT2D eigenvalue weighted by Crippen LogP contribution is -2.14. The summed E-state index contributed by atoms with van der Waals surface area (Å²) in [6, 6.07) is 6.80. The van der Waals surface area contributed by atoms with Crippen molar-refractivity contribution in [3.63, 3.8) is 0 Å². The summed E-state index contributed by atoms with van der Waals surface area (Å²) in [6.07, 6.45) is 1.56. The van der Waals surface area contributed by atoms with Crippen LogP contribution in [0.15, 0.2) is 29.4 Å². The van der Waals surface area contributed by atoms with Crippen molar-refractivity contribution < 1.29 is 4.92 Å². The number of nitro benzene ring substituents is 1. The quantitative estimate of drug-likeness (QED) is 0.649. The van der Waals surface area contributed by atoms with Crippen molar-refractivity contribution in [2.75, 3.05) is 13.6 Å². The van der Waals surface area contributed by atoms with Crippen LogP contribution in [0.3, 0.4) is 0 Å². The molecule has 1 heterocycles. The third-order valence-electron chi connectivity index (χ3n) is 3.08. The van der Waals surface area contributed by atoms with Crippen LogP contribution in [-0.4, -0.2) is 29.2 Å². The normalized spacial score (nSPS) is 18.9. The molecule has 0 saturated heterocycles. The monoisotopic (exact) mass is 248 g/mol. The molecule has 0 fully saturated rings. The largest absolute Gasteiger partial charge is 0.330 e. The molecule has 1 aromatic carbocycles. The molecular formula is C12H16N4O2. The average molecular weight is 248 g/mol. The first kappa shape index (κ1) is 12.5. The Labute approximate surface area is 105 Å². The Morgan fingerprint density at radius 1 is 1.61 bits per heavy atom. The number of nitrogens with two attached hydrogens (primary N) is 1. The molecule has 18 heavy (non-hydrogen) atoms. The van der Waals surface area contributed by atoms with Crippen molar-refractivity contribution in [3.05, 3.63) is 39.9 Å². The van der Waals surface area contributed by atoms with E-state index in [-0.39, 0.29) is 16.7 Å². The predicted molar refractivity (Wildman–Crippen MR) is 69.3 cm³/mol. The van der Waals surface area contributed by atoms with Gasteiger partial charge in [0.25, 0.3) is 5.69 Å². The Balaban J connectivity index is 2.18. The van der Waals surface area contributed by atoms with E-state index in [9.17, 15) is 10.1 Å². The molecule has 2 rings (SSSR count). The minimum absolute atomic E-state index is 0.0754. The smallest absolute Gasteiger partial charge is 0.269 e. The van der Waals surface area contributed by atoms with E-state index in [1.807, 2.05) is 18.1 Å².